The number of nitrogens with zero attached hydrogens (tertiary/aromatic N) is 2. The Balaban J connectivity index is 1.44. The molecule has 3 heterocycles. The molecule has 2 aromatic rings. The number of rotatable bonds is 6. The molecular weight excluding hydrogens is 384 g/mol. The molecule has 0 unspecified atom stereocenters. The summed E-state index contributed by atoms with van der Waals surface area (Å²) >= 11 is 1.89. The van der Waals surface area contributed by atoms with Gasteiger partial charge in [0.1, 0.15) is 0 Å². The fourth-order valence-corrected chi connectivity index (χ4v) is 5.67. The fourth-order valence-electron chi connectivity index (χ4n) is 4.74. The summed E-state index contributed by atoms with van der Waals surface area (Å²) in [5, 5.41) is 0. The van der Waals surface area contributed by atoms with Crippen LogP contribution in [-0.4, -0.2) is 49.1 Å². The lowest BCUT2D eigenvalue weighted by Crippen LogP contribution is -2.55. The SMILES string of the molecule is COc1ccc(CN2C(=O)CC[C@H]3CN(Cc4ccc(C)s4)CC[C@H]32)cc1OC. The van der Waals surface area contributed by atoms with Crippen molar-refractivity contribution >= 4 is 17.2 Å². The minimum Gasteiger partial charge on any atom is -0.493 e. The summed E-state index contributed by atoms with van der Waals surface area (Å²) in [7, 11) is 3.29. The van der Waals surface area contributed by atoms with Gasteiger partial charge >= 0.3 is 0 Å². The van der Waals surface area contributed by atoms with Crippen LogP contribution in [-0.2, 0) is 17.9 Å². The number of hydrogen-bond acceptors (Lipinski definition) is 5. The monoisotopic (exact) mass is 414 g/mol. The summed E-state index contributed by atoms with van der Waals surface area (Å²) in [4.78, 5) is 20.3. The molecule has 0 N–H and O–H groups in total. The molecule has 0 aliphatic carbocycles. The Kier molecular flexibility index (Phi) is 6.11. The highest BCUT2D eigenvalue weighted by Crippen LogP contribution is 2.35. The van der Waals surface area contributed by atoms with Crippen molar-refractivity contribution in [3.8, 4) is 11.5 Å². The maximum absolute atomic E-state index is 12.8. The number of aryl methyl sites for hydroxylation is 1. The quantitative estimate of drug-likeness (QED) is 0.714. The van der Waals surface area contributed by atoms with Crippen molar-refractivity contribution < 1.29 is 14.3 Å². The fraction of sp³-hybridized carbons (Fsp3) is 0.522. The van der Waals surface area contributed by atoms with Gasteiger partial charge in [-0.25, -0.2) is 0 Å². The summed E-state index contributed by atoms with van der Waals surface area (Å²) in [6, 6.07) is 10.7. The number of piperidine rings is 2. The van der Waals surface area contributed by atoms with Crippen LogP contribution < -0.4 is 9.47 Å². The first-order valence-electron chi connectivity index (χ1n) is 10.4. The van der Waals surface area contributed by atoms with Gasteiger partial charge in [0, 0.05) is 48.4 Å². The zero-order valence-corrected chi connectivity index (χ0v) is 18.3. The maximum atomic E-state index is 12.8. The zero-order valence-electron chi connectivity index (χ0n) is 17.5. The van der Waals surface area contributed by atoms with Crippen LogP contribution in [0.5, 0.6) is 11.5 Å². The number of fused-ring (bicyclic) bond motifs is 1. The van der Waals surface area contributed by atoms with E-state index < -0.39 is 0 Å². The number of thiophene rings is 1. The topological polar surface area (TPSA) is 42.0 Å². The lowest BCUT2D eigenvalue weighted by atomic mass is 9.83. The van der Waals surface area contributed by atoms with Gasteiger partial charge in [-0.15, -0.1) is 11.3 Å². The molecule has 6 heteroatoms. The molecule has 2 aliphatic rings. The first kappa shape index (κ1) is 20.2. The van der Waals surface area contributed by atoms with Gasteiger partial charge in [-0.3, -0.25) is 9.69 Å². The molecule has 1 aromatic heterocycles. The van der Waals surface area contributed by atoms with E-state index in [0.717, 1.165) is 43.8 Å². The van der Waals surface area contributed by atoms with Crippen LogP contribution in [0.25, 0.3) is 0 Å². The Morgan fingerprint density at radius 1 is 1.07 bits per heavy atom. The Bertz CT molecular complexity index is 866. The number of benzene rings is 1. The third-order valence-electron chi connectivity index (χ3n) is 6.20. The molecule has 2 atom stereocenters. The molecular formula is C23H30N2O3S. The third-order valence-corrected chi connectivity index (χ3v) is 7.19. The predicted octanol–water partition coefficient (Wildman–Crippen LogP) is 4.09. The second-order valence-electron chi connectivity index (χ2n) is 8.11. The van der Waals surface area contributed by atoms with Gasteiger partial charge in [-0.1, -0.05) is 6.07 Å². The van der Waals surface area contributed by atoms with E-state index in [1.807, 2.05) is 29.5 Å². The van der Waals surface area contributed by atoms with Gasteiger partial charge in [-0.2, -0.15) is 0 Å². The molecule has 2 fully saturated rings. The lowest BCUT2D eigenvalue weighted by Gasteiger charge is -2.47. The van der Waals surface area contributed by atoms with E-state index in [0.29, 0.717) is 30.7 Å². The number of amides is 1. The summed E-state index contributed by atoms with van der Waals surface area (Å²) in [6.07, 6.45) is 2.71. The molecule has 0 radical (unpaired) electrons. The average molecular weight is 415 g/mol. The van der Waals surface area contributed by atoms with Crippen LogP contribution in [0.1, 0.15) is 34.6 Å². The lowest BCUT2D eigenvalue weighted by molar-refractivity contribution is -0.142. The van der Waals surface area contributed by atoms with E-state index in [-0.39, 0.29) is 5.91 Å². The maximum Gasteiger partial charge on any atom is 0.223 e. The minimum atomic E-state index is 0.281. The third kappa shape index (κ3) is 4.43. The summed E-state index contributed by atoms with van der Waals surface area (Å²) in [5.41, 5.74) is 1.09. The van der Waals surface area contributed by atoms with Gasteiger partial charge in [0.05, 0.1) is 14.2 Å². The second-order valence-corrected chi connectivity index (χ2v) is 9.49. The Morgan fingerprint density at radius 3 is 2.62 bits per heavy atom. The van der Waals surface area contributed by atoms with Gasteiger partial charge in [0.15, 0.2) is 11.5 Å². The van der Waals surface area contributed by atoms with Crippen LogP contribution >= 0.6 is 11.3 Å². The first-order valence-corrected chi connectivity index (χ1v) is 11.2. The molecule has 0 bridgehead atoms. The van der Waals surface area contributed by atoms with E-state index in [1.54, 1.807) is 14.2 Å². The summed E-state index contributed by atoms with van der Waals surface area (Å²) in [5.74, 6) is 2.27. The molecule has 2 aliphatic heterocycles. The van der Waals surface area contributed by atoms with Crippen molar-refractivity contribution in [3.63, 3.8) is 0 Å². The van der Waals surface area contributed by atoms with E-state index in [2.05, 4.69) is 28.9 Å². The molecule has 29 heavy (non-hydrogen) atoms. The van der Waals surface area contributed by atoms with Gasteiger partial charge < -0.3 is 14.4 Å². The number of likely N-dealkylation sites (tertiary alicyclic amines) is 2. The molecule has 0 saturated carbocycles. The molecule has 156 valence electrons. The van der Waals surface area contributed by atoms with Crippen LogP contribution in [0.4, 0.5) is 0 Å². The van der Waals surface area contributed by atoms with E-state index in [4.69, 9.17) is 9.47 Å². The molecule has 5 nitrogen and oxygen atoms in total. The van der Waals surface area contributed by atoms with Gasteiger partial charge in [-0.05, 0) is 55.5 Å². The molecule has 0 spiro atoms. The van der Waals surface area contributed by atoms with Crippen molar-refractivity contribution in [2.45, 2.75) is 45.3 Å². The number of carbonyl (C=O) groups is 1. The number of methoxy groups -OCH3 is 2. The first-order chi connectivity index (χ1) is 14.1. The van der Waals surface area contributed by atoms with Crippen molar-refractivity contribution in [2.75, 3.05) is 27.3 Å². The van der Waals surface area contributed by atoms with Gasteiger partial charge in [0.2, 0.25) is 5.91 Å². The van der Waals surface area contributed by atoms with Crippen LogP contribution in [0.3, 0.4) is 0 Å². The number of carbonyl (C=O) groups excluding carboxylic acids is 1. The minimum absolute atomic E-state index is 0.281. The van der Waals surface area contributed by atoms with E-state index in [1.165, 1.54) is 9.75 Å². The largest absolute Gasteiger partial charge is 0.493 e. The van der Waals surface area contributed by atoms with Crippen LogP contribution in [0, 0.1) is 12.8 Å². The Hall–Kier alpha value is -2.05. The smallest absolute Gasteiger partial charge is 0.223 e. The highest BCUT2D eigenvalue weighted by Gasteiger charge is 2.39. The summed E-state index contributed by atoms with van der Waals surface area (Å²) < 4.78 is 10.8. The summed E-state index contributed by atoms with van der Waals surface area (Å²) in [6.45, 7) is 5.97. The highest BCUT2D eigenvalue weighted by molar-refractivity contribution is 7.11. The normalized spacial score (nSPS) is 22.4. The van der Waals surface area contributed by atoms with E-state index in [9.17, 15) is 4.79 Å². The van der Waals surface area contributed by atoms with Crippen molar-refractivity contribution in [1.82, 2.24) is 9.80 Å². The molecule has 1 amide bonds. The standard InChI is InChI=1S/C23H30N2O3S/c1-16-4-7-19(29-16)15-24-11-10-20-18(14-24)6-9-23(26)25(20)13-17-5-8-21(27-2)22(12-17)28-3/h4-5,7-8,12,18,20H,6,9-11,13-15H2,1-3H3/t18-,20+/m0/s1. The van der Waals surface area contributed by atoms with Crippen molar-refractivity contribution in [2.24, 2.45) is 5.92 Å². The number of hydrogen-bond donors (Lipinski definition) is 0. The molecule has 4 rings (SSSR count). The van der Waals surface area contributed by atoms with Crippen LogP contribution in [0.15, 0.2) is 30.3 Å². The van der Waals surface area contributed by atoms with E-state index >= 15 is 0 Å². The Morgan fingerprint density at radius 2 is 1.90 bits per heavy atom. The van der Waals surface area contributed by atoms with Crippen LogP contribution in [0.2, 0.25) is 0 Å². The zero-order chi connectivity index (χ0) is 20.4. The second kappa shape index (κ2) is 8.76. The van der Waals surface area contributed by atoms with Crippen molar-refractivity contribution in [1.29, 1.82) is 0 Å². The number of ether oxygens (including phenoxy) is 2. The molecule has 1 aromatic carbocycles. The Labute approximate surface area is 177 Å². The molecule has 2 saturated heterocycles. The average Bonchev–Trinajstić information content (AvgIpc) is 3.14. The van der Waals surface area contributed by atoms with Gasteiger partial charge in [0.25, 0.3) is 0 Å². The predicted molar refractivity (Wildman–Crippen MR) is 116 cm³/mol. The van der Waals surface area contributed by atoms with Crippen molar-refractivity contribution in [3.05, 3.63) is 45.6 Å². The highest BCUT2D eigenvalue weighted by atomic mass is 32.1.